The fraction of sp³-hybridized carbons (Fsp3) is 0.381. The third kappa shape index (κ3) is 5.60. The van der Waals surface area contributed by atoms with Gasteiger partial charge in [-0.25, -0.2) is 4.39 Å². The first-order chi connectivity index (χ1) is 13.7. The van der Waals surface area contributed by atoms with Crippen molar-refractivity contribution in [2.75, 3.05) is 57.9 Å². The van der Waals surface area contributed by atoms with Gasteiger partial charge < -0.3 is 19.7 Å². The Morgan fingerprint density at radius 3 is 2.50 bits per heavy atom. The molecule has 2 aromatic rings. The molecule has 0 saturated carbocycles. The van der Waals surface area contributed by atoms with Crippen molar-refractivity contribution in [3.8, 4) is 11.5 Å². The van der Waals surface area contributed by atoms with E-state index in [-0.39, 0.29) is 11.7 Å². The number of halogens is 1. The summed E-state index contributed by atoms with van der Waals surface area (Å²) in [6.07, 6.45) is 0. The summed E-state index contributed by atoms with van der Waals surface area (Å²) < 4.78 is 23.7. The number of ether oxygens (including phenoxy) is 2. The number of hydrogen-bond acceptors (Lipinski definition) is 5. The fourth-order valence-corrected chi connectivity index (χ4v) is 3.19. The lowest BCUT2D eigenvalue weighted by molar-refractivity contribution is -0.122. The number of benzene rings is 2. The topological polar surface area (TPSA) is 54.0 Å². The molecule has 1 saturated heterocycles. The summed E-state index contributed by atoms with van der Waals surface area (Å²) in [6.45, 7) is 4.46. The number of amides is 1. The van der Waals surface area contributed by atoms with Gasteiger partial charge in [-0.05, 0) is 36.4 Å². The van der Waals surface area contributed by atoms with Crippen LogP contribution in [-0.4, -0.2) is 63.8 Å². The van der Waals surface area contributed by atoms with Gasteiger partial charge in [0.15, 0.2) is 0 Å². The minimum absolute atomic E-state index is 0.0200. The van der Waals surface area contributed by atoms with Crippen molar-refractivity contribution in [2.24, 2.45) is 0 Å². The Morgan fingerprint density at radius 1 is 1.07 bits per heavy atom. The second-order valence-electron chi connectivity index (χ2n) is 6.59. The monoisotopic (exact) mass is 387 g/mol. The van der Waals surface area contributed by atoms with Crippen LogP contribution in [0.4, 0.5) is 10.1 Å². The maximum absolute atomic E-state index is 12.8. The molecule has 0 atom stereocenters. The van der Waals surface area contributed by atoms with Crippen molar-refractivity contribution in [3.63, 3.8) is 0 Å². The molecule has 1 heterocycles. The third-order valence-electron chi connectivity index (χ3n) is 4.67. The van der Waals surface area contributed by atoms with E-state index in [1.807, 2.05) is 18.2 Å². The van der Waals surface area contributed by atoms with Crippen LogP contribution in [0.1, 0.15) is 0 Å². The van der Waals surface area contributed by atoms with Gasteiger partial charge in [0.2, 0.25) is 5.91 Å². The molecule has 1 aliphatic heterocycles. The van der Waals surface area contributed by atoms with Gasteiger partial charge >= 0.3 is 0 Å². The molecule has 1 fully saturated rings. The summed E-state index contributed by atoms with van der Waals surface area (Å²) >= 11 is 0. The molecule has 1 aliphatic rings. The standard InChI is InChI=1S/C21H26FN3O3/c1-27-20-5-3-2-4-19(20)25-13-11-24(12-14-25)16-21(26)23-10-15-28-18-8-6-17(22)7-9-18/h2-9H,10-16H2,1H3,(H,23,26). The van der Waals surface area contributed by atoms with Crippen molar-refractivity contribution in [1.82, 2.24) is 10.2 Å². The molecule has 0 spiro atoms. The van der Waals surface area contributed by atoms with Gasteiger partial charge in [0, 0.05) is 26.2 Å². The van der Waals surface area contributed by atoms with Crippen LogP contribution < -0.4 is 19.7 Å². The van der Waals surface area contributed by atoms with Gasteiger partial charge in [-0.2, -0.15) is 0 Å². The normalized spacial score (nSPS) is 14.6. The van der Waals surface area contributed by atoms with Crippen LogP contribution in [0.2, 0.25) is 0 Å². The average molecular weight is 387 g/mol. The Kier molecular flexibility index (Phi) is 7.08. The van der Waals surface area contributed by atoms with Gasteiger partial charge in [0.25, 0.3) is 0 Å². The van der Waals surface area contributed by atoms with Crippen LogP contribution in [0.3, 0.4) is 0 Å². The average Bonchev–Trinajstić information content (AvgIpc) is 2.73. The Morgan fingerprint density at radius 2 is 1.79 bits per heavy atom. The number of anilines is 1. The van der Waals surface area contributed by atoms with Crippen LogP contribution in [0.5, 0.6) is 11.5 Å². The molecule has 0 aliphatic carbocycles. The Hall–Kier alpha value is -2.80. The lowest BCUT2D eigenvalue weighted by Crippen LogP contribution is -2.49. The first-order valence-corrected chi connectivity index (χ1v) is 9.41. The number of nitrogens with one attached hydrogen (secondary N) is 1. The quantitative estimate of drug-likeness (QED) is 0.704. The minimum atomic E-state index is -0.300. The fourth-order valence-electron chi connectivity index (χ4n) is 3.19. The highest BCUT2D eigenvalue weighted by molar-refractivity contribution is 5.78. The van der Waals surface area contributed by atoms with E-state index >= 15 is 0 Å². The lowest BCUT2D eigenvalue weighted by atomic mass is 10.2. The summed E-state index contributed by atoms with van der Waals surface area (Å²) in [5, 5.41) is 2.86. The molecule has 6 nitrogen and oxygen atoms in total. The summed E-state index contributed by atoms with van der Waals surface area (Å²) in [5.74, 6) is 1.14. The second kappa shape index (κ2) is 9.94. The van der Waals surface area contributed by atoms with Gasteiger partial charge in [0.05, 0.1) is 25.9 Å². The molecular weight excluding hydrogens is 361 g/mol. The molecule has 0 unspecified atom stereocenters. The molecule has 1 amide bonds. The number of para-hydroxylation sites is 2. The lowest BCUT2D eigenvalue weighted by Gasteiger charge is -2.36. The molecule has 3 rings (SSSR count). The summed E-state index contributed by atoms with van der Waals surface area (Å²) in [6, 6.07) is 13.8. The van der Waals surface area contributed by atoms with E-state index in [0.29, 0.717) is 25.4 Å². The zero-order valence-electron chi connectivity index (χ0n) is 16.1. The SMILES string of the molecule is COc1ccccc1N1CCN(CC(=O)NCCOc2ccc(F)cc2)CC1. The molecule has 1 N–H and O–H groups in total. The van der Waals surface area contributed by atoms with Crippen LogP contribution in [0.25, 0.3) is 0 Å². The van der Waals surface area contributed by atoms with Crippen LogP contribution >= 0.6 is 0 Å². The largest absolute Gasteiger partial charge is 0.495 e. The number of rotatable bonds is 8. The number of nitrogens with zero attached hydrogens (tertiary/aromatic N) is 2. The second-order valence-corrected chi connectivity index (χ2v) is 6.59. The zero-order chi connectivity index (χ0) is 19.8. The van der Waals surface area contributed by atoms with E-state index in [4.69, 9.17) is 9.47 Å². The predicted octanol–water partition coefficient (Wildman–Crippen LogP) is 2.15. The predicted molar refractivity (Wildman–Crippen MR) is 107 cm³/mol. The Labute approximate surface area is 164 Å². The highest BCUT2D eigenvalue weighted by Crippen LogP contribution is 2.28. The molecule has 0 aromatic heterocycles. The van der Waals surface area contributed by atoms with E-state index in [0.717, 1.165) is 37.6 Å². The number of hydrogen-bond donors (Lipinski definition) is 1. The van der Waals surface area contributed by atoms with Crippen molar-refractivity contribution < 1.29 is 18.7 Å². The summed E-state index contributed by atoms with van der Waals surface area (Å²) in [5.41, 5.74) is 1.09. The van der Waals surface area contributed by atoms with Gasteiger partial charge in [0.1, 0.15) is 23.9 Å². The van der Waals surface area contributed by atoms with Crippen LogP contribution in [0, 0.1) is 5.82 Å². The van der Waals surface area contributed by atoms with E-state index < -0.39 is 0 Å². The van der Waals surface area contributed by atoms with Crippen molar-refractivity contribution >= 4 is 11.6 Å². The summed E-state index contributed by atoms with van der Waals surface area (Å²) in [7, 11) is 1.68. The van der Waals surface area contributed by atoms with Gasteiger partial charge in [-0.3, -0.25) is 9.69 Å². The van der Waals surface area contributed by atoms with Gasteiger partial charge in [-0.15, -0.1) is 0 Å². The first kappa shape index (κ1) is 19.9. The maximum atomic E-state index is 12.8. The van der Waals surface area contributed by atoms with E-state index in [2.05, 4.69) is 21.2 Å². The smallest absolute Gasteiger partial charge is 0.234 e. The molecule has 0 radical (unpaired) electrons. The zero-order valence-corrected chi connectivity index (χ0v) is 16.1. The van der Waals surface area contributed by atoms with Gasteiger partial charge in [-0.1, -0.05) is 12.1 Å². The van der Waals surface area contributed by atoms with Crippen molar-refractivity contribution in [2.45, 2.75) is 0 Å². The van der Waals surface area contributed by atoms with E-state index in [9.17, 15) is 9.18 Å². The van der Waals surface area contributed by atoms with E-state index in [1.165, 1.54) is 12.1 Å². The van der Waals surface area contributed by atoms with Crippen LogP contribution in [0.15, 0.2) is 48.5 Å². The maximum Gasteiger partial charge on any atom is 0.234 e. The molecule has 28 heavy (non-hydrogen) atoms. The van der Waals surface area contributed by atoms with E-state index in [1.54, 1.807) is 19.2 Å². The number of piperazine rings is 1. The molecule has 2 aromatic carbocycles. The number of methoxy groups -OCH3 is 1. The highest BCUT2D eigenvalue weighted by atomic mass is 19.1. The Balaban J connectivity index is 1.35. The third-order valence-corrected chi connectivity index (χ3v) is 4.67. The van der Waals surface area contributed by atoms with Crippen LogP contribution in [-0.2, 0) is 4.79 Å². The van der Waals surface area contributed by atoms with Crippen molar-refractivity contribution in [1.29, 1.82) is 0 Å². The number of carbonyl (C=O) groups excluding carboxylic acids is 1. The summed E-state index contributed by atoms with van der Waals surface area (Å²) in [4.78, 5) is 16.6. The minimum Gasteiger partial charge on any atom is -0.495 e. The first-order valence-electron chi connectivity index (χ1n) is 9.41. The van der Waals surface area contributed by atoms with Crippen molar-refractivity contribution in [3.05, 3.63) is 54.3 Å². The molecule has 7 heteroatoms. The highest BCUT2D eigenvalue weighted by Gasteiger charge is 2.20. The molecular formula is C21H26FN3O3. The number of carbonyl (C=O) groups is 1. The Bertz CT molecular complexity index is 762. The molecule has 0 bridgehead atoms. The molecule has 150 valence electrons.